The summed E-state index contributed by atoms with van der Waals surface area (Å²) in [6.07, 6.45) is 0. The molecule has 0 saturated carbocycles. The van der Waals surface area contributed by atoms with E-state index in [1.54, 1.807) is 21.0 Å². The monoisotopic (exact) mass is 115 g/mol. The van der Waals surface area contributed by atoms with Gasteiger partial charge in [-0.15, -0.1) is 0 Å². The first-order valence-corrected chi connectivity index (χ1v) is 2.48. The van der Waals surface area contributed by atoms with Gasteiger partial charge in [-0.3, -0.25) is 4.79 Å². The molecule has 0 fully saturated rings. The minimum atomic E-state index is -0.620. The molecule has 0 aliphatic rings. The maximum absolute atomic E-state index is 10.6. The smallest absolute Gasteiger partial charge is 0.240 e. The van der Waals surface area contributed by atoms with Crippen molar-refractivity contribution in [3.63, 3.8) is 0 Å². The summed E-state index contributed by atoms with van der Waals surface area (Å²) in [5.41, 5.74) is 6.92. The third-order valence-corrected chi connectivity index (χ3v) is 0.811. The van der Waals surface area contributed by atoms with Crippen molar-refractivity contribution in [2.75, 3.05) is 14.1 Å². The van der Waals surface area contributed by atoms with E-state index in [2.05, 4.69) is 0 Å². The van der Waals surface area contributed by atoms with Crippen LogP contribution < -0.4 is 5.73 Å². The third kappa shape index (κ3) is 1.93. The minimum absolute atomic E-state index is 0.148. The summed E-state index contributed by atoms with van der Waals surface area (Å²) in [5.74, 6) is -0.148. The van der Waals surface area contributed by atoms with Gasteiger partial charge in [0.25, 0.3) is 0 Å². The molecule has 1 radical (unpaired) electrons. The van der Waals surface area contributed by atoms with Gasteiger partial charge in [0.05, 0.1) is 6.04 Å². The van der Waals surface area contributed by atoms with Gasteiger partial charge < -0.3 is 4.90 Å². The van der Waals surface area contributed by atoms with E-state index < -0.39 is 6.04 Å². The Hall–Kier alpha value is -0.570. The van der Waals surface area contributed by atoms with Crippen LogP contribution in [0.2, 0.25) is 0 Å². The highest BCUT2D eigenvalue weighted by Crippen LogP contribution is 1.83. The number of hydrogen-bond donors (Lipinski definition) is 0. The molecule has 0 aliphatic heterocycles. The van der Waals surface area contributed by atoms with Crippen LogP contribution in [0, 0.1) is 0 Å². The van der Waals surface area contributed by atoms with Crippen molar-refractivity contribution in [1.29, 1.82) is 0 Å². The summed E-state index contributed by atoms with van der Waals surface area (Å²) in [6, 6.07) is -0.620. The second-order valence-electron chi connectivity index (χ2n) is 1.95. The fraction of sp³-hybridized carbons (Fsp3) is 0.800. The molecule has 0 spiro atoms. The van der Waals surface area contributed by atoms with Crippen LogP contribution in [0.25, 0.3) is 0 Å². The maximum Gasteiger partial charge on any atom is 0.240 e. The topological polar surface area (TPSA) is 44.1 Å². The Bertz CT molecular complexity index is 78.4. The Morgan fingerprint density at radius 1 is 1.62 bits per heavy atom. The number of likely N-dealkylation sites (N-methyl/N-ethyl adjacent to an activating group) is 1. The minimum Gasteiger partial charge on any atom is -0.347 e. The van der Waals surface area contributed by atoms with E-state index >= 15 is 0 Å². The normalized spacial score (nSPS) is 13.0. The van der Waals surface area contributed by atoms with Crippen LogP contribution in [0.5, 0.6) is 0 Å². The number of nitrogens with one attached hydrogen (secondary N) is 1. The molecule has 3 nitrogen and oxygen atoms in total. The van der Waals surface area contributed by atoms with Crippen molar-refractivity contribution in [2.45, 2.75) is 13.0 Å². The van der Waals surface area contributed by atoms with Gasteiger partial charge in [0, 0.05) is 14.1 Å². The van der Waals surface area contributed by atoms with Crippen molar-refractivity contribution in [1.82, 2.24) is 10.6 Å². The van der Waals surface area contributed by atoms with E-state index in [0.29, 0.717) is 0 Å². The maximum atomic E-state index is 10.6. The highest BCUT2D eigenvalue weighted by Gasteiger charge is 2.08. The Morgan fingerprint density at radius 2 is 2.00 bits per heavy atom. The quantitative estimate of drug-likeness (QED) is 0.464. The highest BCUT2D eigenvalue weighted by atomic mass is 16.2. The predicted octanol–water partition coefficient (Wildman–Crippen LogP) is -0.254. The third-order valence-electron chi connectivity index (χ3n) is 0.811. The zero-order valence-electron chi connectivity index (χ0n) is 5.43. The van der Waals surface area contributed by atoms with Crippen molar-refractivity contribution in [3.05, 3.63) is 0 Å². The molecule has 1 amide bonds. The zero-order valence-corrected chi connectivity index (χ0v) is 5.43. The van der Waals surface area contributed by atoms with Crippen LogP contribution in [0.3, 0.4) is 0 Å². The van der Waals surface area contributed by atoms with E-state index in [1.807, 2.05) is 0 Å². The first-order valence-electron chi connectivity index (χ1n) is 2.48. The molecule has 1 atom stereocenters. The number of carbonyl (C=O) groups excluding carboxylic acids is 1. The van der Waals surface area contributed by atoms with Gasteiger partial charge in [-0.25, -0.2) is 5.73 Å². The van der Waals surface area contributed by atoms with Crippen molar-refractivity contribution in [2.24, 2.45) is 0 Å². The van der Waals surface area contributed by atoms with Crippen molar-refractivity contribution in [3.8, 4) is 0 Å². The molecule has 0 aromatic carbocycles. The van der Waals surface area contributed by atoms with Crippen LogP contribution in [-0.4, -0.2) is 30.9 Å². The van der Waals surface area contributed by atoms with E-state index in [4.69, 9.17) is 5.73 Å². The summed E-state index contributed by atoms with van der Waals surface area (Å²) in [4.78, 5) is 12.0. The van der Waals surface area contributed by atoms with E-state index in [0.717, 1.165) is 0 Å². The van der Waals surface area contributed by atoms with E-state index in [-0.39, 0.29) is 5.91 Å². The molecule has 0 aliphatic carbocycles. The molecule has 0 aromatic rings. The molecule has 0 rings (SSSR count). The number of amides is 1. The molecular weight excluding hydrogens is 104 g/mol. The zero-order chi connectivity index (χ0) is 6.73. The largest absolute Gasteiger partial charge is 0.347 e. The SMILES string of the molecule is CC([NH])C(=O)N(C)C. The number of carbonyl (C=O) groups is 1. The second-order valence-corrected chi connectivity index (χ2v) is 1.95. The molecule has 47 valence electrons. The number of nitrogens with zero attached hydrogens (tertiary/aromatic N) is 1. The molecule has 3 heteroatoms. The second kappa shape index (κ2) is 2.67. The van der Waals surface area contributed by atoms with Crippen LogP contribution in [0.4, 0.5) is 0 Å². The van der Waals surface area contributed by atoms with Crippen LogP contribution in [0.15, 0.2) is 0 Å². The Kier molecular flexibility index (Phi) is 2.48. The lowest BCUT2D eigenvalue weighted by atomic mass is 10.3. The molecular formula is C5H11N2O. The summed E-state index contributed by atoms with van der Waals surface area (Å²) < 4.78 is 0. The first-order chi connectivity index (χ1) is 3.55. The fourth-order valence-corrected chi connectivity index (χ4v) is 0.387. The highest BCUT2D eigenvalue weighted by molar-refractivity contribution is 5.80. The van der Waals surface area contributed by atoms with Crippen LogP contribution in [0.1, 0.15) is 6.92 Å². The summed E-state index contributed by atoms with van der Waals surface area (Å²) in [6.45, 7) is 1.56. The summed E-state index contributed by atoms with van der Waals surface area (Å²) in [7, 11) is 3.29. The summed E-state index contributed by atoms with van der Waals surface area (Å²) in [5, 5.41) is 0. The average Bonchev–Trinajstić information content (AvgIpc) is 1.64. The first kappa shape index (κ1) is 7.43. The Balaban J connectivity index is 3.65. The van der Waals surface area contributed by atoms with Gasteiger partial charge in [-0.1, -0.05) is 0 Å². The van der Waals surface area contributed by atoms with Gasteiger partial charge >= 0.3 is 0 Å². The Morgan fingerprint density at radius 3 is 2.00 bits per heavy atom. The lowest BCUT2D eigenvalue weighted by molar-refractivity contribution is -0.129. The van der Waals surface area contributed by atoms with Gasteiger partial charge in [0.15, 0.2) is 0 Å². The van der Waals surface area contributed by atoms with Gasteiger partial charge in [0.1, 0.15) is 0 Å². The molecule has 0 bridgehead atoms. The van der Waals surface area contributed by atoms with Gasteiger partial charge in [-0.05, 0) is 6.92 Å². The fourth-order valence-electron chi connectivity index (χ4n) is 0.387. The van der Waals surface area contributed by atoms with Crippen LogP contribution in [-0.2, 0) is 4.79 Å². The van der Waals surface area contributed by atoms with Crippen molar-refractivity contribution < 1.29 is 4.79 Å². The van der Waals surface area contributed by atoms with E-state index in [1.165, 1.54) is 4.90 Å². The van der Waals surface area contributed by atoms with Gasteiger partial charge in [0.2, 0.25) is 5.91 Å². The van der Waals surface area contributed by atoms with Crippen molar-refractivity contribution >= 4 is 5.91 Å². The molecule has 0 aromatic heterocycles. The molecule has 0 saturated heterocycles. The van der Waals surface area contributed by atoms with E-state index in [9.17, 15) is 4.79 Å². The van der Waals surface area contributed by atoms with Gasteiger partial charge in [-0.2, -0.15) is 0 Å². The predicted molar refractivity (Wildman–Crippen MR) is 31.3 cm³/mol. The van der Waals surface area contributed by atoms with Crippen LogP contribution >= 0.6 is 0 Å². The molecule has 1 unspecified atom stereocenters. The number of rotatable bonds is 1. The molecule has 8 heavy (non-hydrogen) atoms. The average molecular weight is 115 g/mol. The summed E-state index contributed by atoms with van der Waals surface area (Å²) >= 11 is 0. The number of hydrogen-bond acceptors (Lipinski definition) is 1. The lowest BCUT2D eigenvalue weighted by Crippen LogP contribution is -2.32. The standard InChI is InChI=1S/C5H11N2O/c1-4(6)5(8)7(2)3/h4,6H,1-3H3. The molecule has 0 heterocycles. The molecule has 1 N–H and O–H groups in total. The lowest BCUT2D eigenvalue weighted by Gasteiger charge is -2.11. The Labute approximate surface area is 49.5 Å².